The standard InChI is InChI=1S/C49H55F5N4O.C2H6/c1-10-23-47(7,8)29-33-13-11-15-35(24-33)31(2)56-38-17-20-40(42(26-38)48(9,50)51)41-21-18-39(27-43(41)49(52,53)54)57-32(3)36-16-12-14-34(25-36)30-55-37-19-22-45(59)44(28-37)58-46(4,5)6;1-2/h11-22,24-28,55-59H,2-3,10,23,29-30H2,1,4-9H3;1-2H3. The van der Waals surface area contributed by atoms with Gasteiger partial charge >= 0.3 is 6.18 Å². The van der Waals surface area contributed by atoms with Crippen molar-refractivity contribution in [2.75, 3.05) is 21.3 Å². The molecule has 0 radical (unpaired) electrons. The summed E-state index contributed by atoms with van der Waals surface area (Å²) < 4.78 is 74.8. The van der Waals surface area contributed by atoms with Crippen LogP contribution in [0.4, 0.5) is 44.7 Å². The molecule has 0 aliphatic carbocycles. The quantitative estimate of drug-likeness (QED) is 0.0389. The predicted octanol–water partition coefficient (Wildman–Crippen LogP) is 15.6. The van der Waals surface area contributed by atoms with E-state index in [0.717, 1.165) is 47.7 Å². The number of rotatable bonds is 16. The summed E-state index contributed by atoms with van der Waals surface area (Å²) in [6.45, 7) is 25.9. The Morgan fingerprint density at radius 2 is 1.13 bits per heavy atom. The molecule has 5 N–H and O–H groups in total. The van der Waals surface area contributed by atoms with E-state index in [1.165, 1.54) is 30.3 Å². The molecule has 5 aromatic rings. The summed E-state index contributed by atoms with van der Waals surface area (Å²) in [7, 11) is 0. The van der Waals surface area contributed by atoms with Gasteiger partial charge in [0.2, 0.25) is 0 Å². The van der Waals surface area contributed by atoms with Crippen LogP contribution in [0.2, 0.25) is 0 Å². The van der Waals surface area contributed by atoms with E-state index in [-0.39, 0.29) is 39.2 Å². The molecule has 0 aliphatic rings. The zero-order valence-corrected chi connectivity index (χ0v) is 36.9. The Morgan fingerprint density at radius 3 is 1.66 bits per heavy atom. The molecule has 0 aliphatic heterocycles. The van der Waals surface area contributed by atoms with Crippen LogP contribution in [0.25, 0.3) is 22.5 Å². The number of halogens is 5. The van der Waals surface area contributed by atoms with Gasteiger partial charge in [-0.3, -0.25) is 0 Å². The second-order valence-corrected chi connectivity index (χ2v) is 17.1. The summed E-state index contributed by atoms with van der Waals surface area (Å²) in [5.74, 6) is -3.34. The SMILES string of the molecule is C=C(Nc1ccc(-c2ccc(NC(=C)c3cccc(CC(C)(C)CCC)c3)cc2C(C)(F)F)c(C(F)(F)F)c1)c1cccc(CNc2ccc(O)c(NC(C)(C)C)c2)c1.CC. The number of phenols is 1. The van der Waals surface area contributed by atoms with Gasteiger partial charge in [0, 0.05) is 53.0 Å². The smallest absolute Gasteiger partial charge is 0.417 e. The van der Waals surface area contributed by atoms with Crippen molar-refractivity contribution in [1.82, 2.24) is 0 Å². The Kier molecular flexibility index (Phi) is 15.5. The summed E-state index contributed by atoms with van der Waals surface area (Å²) in [6.07, 6.45) is -1.87. The molecule has 0 bridgehead atoms. The highest BCUT2D eigenvalue weighted by Crippen LogP contribution is 2.44. The first-order valence-electron chi connectivity index (χ1n) is 20.7. The number of anilines is 4. The number of benzene rings is 5. The van der Waals surface area contributed by atoms with Crippen LogP contribution in [-0.4, -0.2) is 10.6 Å². The Bertz CT molecular complexity index is 2300. The first-order valence-corrected chi connectivity index (χ1v) is 20.7. The molecule has 326 valence electrons. The number of aromatic hydroxyl groups is 1. The third-order valence-electron chi connectivity index (χ3n) is 9.86. The van der Waals surface area contributed by atoms with Gasteiger partial charge < -0.3 is 26.4 Å². The Hall–Kier alpha value is -5.77. The van der Waals surface area contributed by atoms with Gasteiger partial charge in [-0.25, -0.2) is 8.78 Å². The fourth-order valence-electron chi connectivity index (χ4n) is 7.21. The lowest BCUT2D eigenvalue weighted by Crippen LogP contribution is -2.26. The average molecular weight is 841 g/mol. The number of nitrogens with one attached hydrogen (secondary N) is 4. The van der Waals surface area contributed by atoms with Crippen LogP contribution in [0, 0.1) is 5.41 Å². The molecule has 0 amide bonds. The molecule has 5 aromatic carbocycles. The van der Waals surface area contributed by atoms with Crippen LogP contribution in [0.3, 0.4) is 0 Å². The summed E-state index contributed by atoms with van der Waals surface area (Å²) in [5.41, 5.74) is 3.61. The summed E-state index contributed by atoms with van der Waals surface area (Å²) in [6, 6.07) is 28.0. The van der Waals surface area contributed by atoms with Gasteiger partial charge in [0.15, 0.2) is 0 Å². The first-order chi connectivity index (χ1) is 28.5. The van der Waals surface area contributed by atoms with Gasteiger partial charge in [-0.15, -0.1) is 0 Å². The van der Waals surface area contributed by atoms with Gasteiger partial charge in [0.25, 0.3) is 5.92 Å². The molecule has 10 heteroatoms. The maximum absolute atomic E-state index is 15.3. The molecule has 5 nitrogen and oxygen atoms in total. The van der Waals surface area contributed by atoms with Crippen molar-refractivity contribution in [2.45, 2.75) is 106 Å². The van der Waals surface area contributed by atoms with Crippen molar-refractivity contribution in [3.05, 3.63) is 150 Å². The highest BCUT2D eigenvalue weighted by molar-refractivity contribution is 5.82. The molecule has 0 unspecified atom stereocenters. The number of alkyl halides is 5. The maximum atomic E-state index is 15.3. The molecular formula is C51H61F5N4O. The minimum Gasteiger partial charge on any atom is -0.506 e. The second kappa shape index (κ2) is 19.7. The van der Waals surface area contributed by atoms with E-state index in [1.54, 1.807) is 18.2 Å². The van der Waals surface area contributed by atoms with Crippen molar-refractivity contribution in [2.24, 2.45) is 5.41 Å². The van der Waals surface area contributed by atoms with Gasteiger partial charge in [-0.05, 0) is 127 Å². The Balaban J connectivity index is 0.00000403. The van der Waals surface area contributed by atoms with Crippen molar-refractivity contribution in [3.63, 3.8) is 0 Å². The molecule has 0 atom stereocenters. The summed E-state index contributed by atoms with van der Waals surface area (Å²) >= 11 is 0. The lowest BCUT2D eigenvalue weighted by atomic mass is 9.81. The van der Waals surface area contributed by atoms with Crippen LogP contribution in [0.15, 0.2) is 116 Å². The Labute approximate surface area is 359 Å². The van der Waals surface area contributed by atoms with Gasteiger partial charge in [-0.1, -0.05) is 103 Å². The highest BCUT2D eigenvalue weighted by Gasteiger charge is 2.37. The molecular weight excluding hydrogens is 780 g/mol. The van der Waals surface area contributed by atoms with Crippen LogP contribution in [0.5, 0.6) is 5.75 Å². The van der Waals surface area contributed by atoms with Gasteiger partial charge in [0.1, 0.15) is 5.75 Å². The molecule has 0 fully saturated rings. The Morgan fingerprint density at radius 1 is 0.623 bits per heavy atom. The third kappa shape index (κ3) is 13.6. The van der Waals surface area contributed by atoms with E-state index in [1.807, 2.05) is 83.1 Å². The normalized spacial score (nSPS) is 11.9. The topological polar surface area (TPSA) is 68.3 Å². The van der Waals surface area contributed by atoms with Crippen LogP contribution >= 0.6 is 0 Å². The molecule has 0 aromatic heterocycles. The number of hydrogen-bond acceptors (Lipinski definition) is 5. The van der Waals surface area contributed by atoms with Gasteiger partial charge in [-0.2, -0.15) is 13.2 Å². The molecule has 0 spiro atoms. The average Bonchev–Trinajstić information content (AvgIpc) is 3.18. The largest absolute Gasteiger partial charge is 0.506 e. The molecule has 0 saturated carbocycles. The minimum atomic E-state index is -4.86. The molecule has 0 saturated heterocycles. The highest BCUT2D eigenvalue weighted by atomic mass is 19.4. The zero-order valence-electron chi connectivity index (χ0n) is 36.9. The van der Waals surface area contributed by atoms with E-state index in [9.17, 15) is 18.3 Å². The lowest BCUT2D eigenvalue weighted by Gasteiger charge is -2.24. The van der Waals surface area contributed by atoms with Crippen LogP contribution in [-0.2, 0) is 25.1 Å². The molecule has 61 heavy (non-hydrogen) atoms. The maximum Gasteiger partial charge on any atom is 0.417 e. The molecule has 0 heterocycles. The van der Waals surface area contributed by atoms with E-state index >= 15 is 8.78 Å². The monoisotopic (exact) mass is 840 g/mol. The van der Waals surface area contributed by atoms with Crippen molar-refractivity contribution in [3.8, 4) is 16.9 Å². The van der Waals surface area contributed by atoms with E-state index in [2.05, 4.69) is 55.2 Å². The fraction of sp³-hybridized carbons (Fsp3) is 0.333. The fourth-order valence-corrected chi connectivity index (χ4v) is 7.21. The number of hydrogen-bond donors (Lipinski definition) is 5. The zero-order chi connectivity index (χ0) is 45.3. The second-order valence-electron chi connectivity index (χ2n) is 17.1. The minimum absolute atomic E-state index is 0.0947. The van der Waals surface area contributed by atoms with Crippen molar-refractivity contribution in [1.29, 1.82) is 0 Å². The van der Waals surface area contributed by atoms with Crippen LogP contribution in [0.1, 0.15) is 109 Å². The lowest BCUT2D eigenvalue weighted by molar-refractivity contribution is -0.137. The van der Waals surface area contributed by atoms with E-state index in [0.29, 0.717) is 36.1 Å². The predicted molar refractivity (Wildman–Crippen MR) is 247 cm³/mol. The van der Waals surface area contributed by atoms with Gasteiger partial charge in [0.05, 0.1) is 11.3 Å². The van der Waals surface area contributed by atoms with Crippen molar-refractivity contribution < 1.29 is 27.1 Å². The molecule has 5 rings (SSSR count). The number of phenolic OH excluding ortho intramolecular Hbond substituents is 1. The van der Waals surface area contributed by atoms with Crippen molar-refractivity contribution >= 4 is 34.1 Å². The summed E-state index contributed by atoms with van der Waals surface area (Å²) in [4.78, 5) is 0. The summed E-state index contributed by atoms with van der Waals surface area (Å²) in [5, 5.41) is 23.0. The third-order valence-corrected chi connectivity index (χ3v) is 9.86. The van der Waals surface area contributed by atoms with E-state index < -0.39 is 23.2 Å². The first kappa shape index (κ1) is 47.9. The van der Waals surface area contributed by atoms with Crippen LogP contribution < -0.4 is 21.3 Å². The van der Waals surface area contributed by atoms with E-state index in [4.69, 9.17) is 0 Å².